The third-order valence-corrected chi connectivity index (χ3v) is 6.25. The summed E-state index contributed by atoms with van der Waals surface area (Å²) in [4.78, 5) is 21.4. The summed E-state index contributed by atoms with van der Waals surface area (Å²) in [5.74, 6) is 2.18. The molecule has 2 aliphatic heterocycles. The molecule has 0 bridgehead atoms. The second kappa shape index (κ2) is 9.22. The van der Waals surface area contributed by atoms with E-state index in [9.17, 15) is 18.0 Å². The van der Waals surface area contributed by atoms with Gasteiger partial charge in [0.1, 0.15) is 17.3 Å². The smallest absolute Gasteiger partial charge is 0.416 e. The lowest BCUT2D eigenvalue weighted by Crippen LogP contribution is -2.51. The summed E-state index contributed by atoms with van der Waals surface area (Å²) < 4.78 is 45.2. The van der Waals surface area contributed by atoms with E-state index >= 15 is 0 Å². The standard InChI is InChI=1S/C27H25F3N4O2/c1-17-7-9-23-21(14-17)25(32-22-8-6-18(2)15-24(22)36-23)33-10-12-34(13-11-33)26(35)31-20-5-3-4-19(16-20)27(28,29)30/h3-9,14-16H,10-13H2,1-2H3,(H,31,35). The molecule has 3 aromatic rings. The quantitative estimate of drug-likeness (QED) is 0.429. The summed E-state index contributed by atoms with van der Waals surface area (Å²) in [6.45, 7) is 5.83. The molecular weight excluding hydrogens is 469 g/mol. The zero-order valence-electron chi connectivity index (χ0n) is 19.9. The number of hydrogen-bond acceptors (Lipinski definition) is 4. The molecule has 1 fully saturated rings. The normalized spacial score (nSPS) is 15.3. The van der Waals surface area contributed by atoms with Crippen molar-refractivity contribution in [3.8, 4) is 11.5 Å². The molecule has 2 amide bonds. The van der Waals surface area contributed by atoms with Crippen LogP contribution in [0.25, 0.3) is 0 Å². The average molecular weight is 495 g/mol. The van der Waals surface area contributed by atoms with Gasteiger partial charge in [-0.1, -0.05) is 23.8 Å². The Hall–Kier alpha value is -4.01. The highest BCUT2D eigenvalue weighted by Crippen LogP contribution is 2.39. The van der Waals surface area contributed by atoms with Crippen LogP contribution in [-0.4, -0.2) is 47.8 Å². The number of urea groups is 1. The number of ether oxygens (including phenoxy) is 1. The van der Waals surface area contributed by atoms with Crippen molar-refractivity contribution in [1.82, 2.24) is 9.80 Å². The number of aryl methyl sites for hydroxylation is 2. The molecule has 186 valence electrons. The largest absolute Gasteiger partial charge is 0.454 e. The summed E-state index contributed by atoms with van der Waals surface area (Å²) in [7, 11) is 0. The molecule has 0 unspecified atom stereocenters. The van der Waals surface area contributed by atoms with E-state index in [0.29, 0.717) is 37.7 Å². The number of nitrogens with one attached hydrogen (secondary N) is 1. The van der Waals surface area contributed by atoms with E-state index in [0.717, 1.165) is 40.3 Å². The molecule has 3 aromatic carbocycles. The molecule has 36 heavy (non-hydrogen) atoms. The number of hydrogen-bond donors (Lipinski definition) is 1. The van der Waals surface area contributed by atoms with Crippen LogP contribution in [0.1, 0.15) is 22.3 Å². The molecule has 0 aliphatic carbocycles. The molecule has 0 spiro atoms. The molecule has 2 heterocycles. The Morgan fingerprint density at radius 2 is 1.64 bits per heavy atom. The van der Waals surface area contributed by atoms with Gasteiger partial charge in [-0.3, -0.25) is 0 Å². The summed E-state index contributed by atoms with van der Waals surface area (Å²) >= 11 is 0. The minimum Gasteiger partial charge on any atom is -0.454 e. The summed E-state index contributed by atoms with van der Waals surface area (Å²) in [5.41, 5.74) is 3.06. The molecule has 1 saturated heterocycles. The maximum absolute atomic E-state index is 13.0. The van der Waals surface area contributed by atoms with Gasteiger partial charge in [0.25, 0.3) is 0 Å². The Morgan fingerprint density at radius 1 is 0.917 bits per heavy atom. The third kappa shape index (κ3) is 4.86. The van der Waals surface area contributed by atoms with E-state index in [1.54, 1.807) is 4.90 Å². The maximum atomic E-state index is 13.0. The summed E-state index contributed by atoms with van der Waals surface area (Å²) in [6, 6.07) is 16.1. The fourth-order valence-corrected chi connectivity index (χ4v) is 4.33. The van der Waals surface area contributed by atoms with Gasteiger partial charge in [0.15, 0.2) is 5.75 Å². The second-order valence-electron chi connectivity index (χ2n) is 8.99. The molecule has 2 aliphatic rings. The Bertz CT molecular complexity index is 1350. The average Bonchev–Trinajstić information content (AvgIpc) is 3.00. The molecule has 0 saturated carbocycles. The zero-order chi connectivity index (χ0) is 25.4. The molecule has 6 nitrogen and oxygen atoms in total. The number of piperazine rings is 1. The highest BCUT2D eigenvalue weighted by atomic mass is 19.4. The number of anilines is 1. The number of halogens is 3. The van der Waals surface area contributed by atoms with Crippen LogP contribution in [0.15, 0.2) is 65.7 Å². The fourth-order valence-electron chi connectivity index (χ4n) is 4.33. The Morgan fingerprint density at radius 3 is 2.39 bits per heavy atom. The molecule has 0 radical (unpaired) electrons. The lowest BCUT2D eigenvalue weighted by molar-refractivity contribution is -0.137. The van der Waals surface area contributed by atoms with Crippen molar-refractivity contribution in [1.29, 1.82) is 0 Å². The molecule has 1 N–H and O–H groups in total. The van der Waals surface area contributed by atoms with Gasteiger partial charge in [-0.2, -0.15) is 13.2 Å². The summed E-state index contributed by atoms with van der Waals surface area (Å²) in [5, 5.41) is 2.59. The highest BCUT2D eigenvalue weighted by molar-refractivity contribution is 6.04. The Kier molecular flexibility index (Phi) is 6.07. The van der Waals surface area contributed by atoms with E-state index in [2.05, 4.69) is 10.2 Å². The van der Waals surface area contributed by atoms with Crippen LogP contribution in [0.3, 0.4) is 0 Å². The molecule has 0 aromatic heterocycles. The molecule has 0 atom stereocenters. The number of alkyl halides is 3. The van der Waals surface area contributed by atoms with E-state index in [1.165, 1.54) is 12.1 Å². The van der Waals surface area contributed by atoms with Gasteiger partial charge in [-0.05, 0) is 61.9 Å². The first-order chi connectivity index (χ1) is 17.2. The van der Waals surface area contributed by atoms with Crippen molar-refractivity contribution >= 4 is 23.2 Å². The van der Waals surface area contributed by atoms with E-state index in [4.69, 9.17) is 9.73 Å². The predicted molar refractivity (Wildman–Crippen MR) is 132 cm³/mol. The van der Waals surface area contributed by atoms with Crippen molar-refractivity contribution in [3.63, 3.8) is 0 Å². The van der Waals surface area contributed by atoms with Crippen molar-refractivity contribution in [3.05, 3.63) is 82.9 Å². The number of carbonyl (C=O) groups excluding carboxylic acids is 1. The first kappa shape index (κ1) is 23.7. The topological polar surface area (TPSA) is 57.2 Å². The number of amidine groups is 1. The third-order valence-electron chi connectivity index (χ3n) is 6.25. The molecular formula is C27H25F3N4O2. The van der Waals surface area contributed by atoms with Crippen LogP contribution < -0.4 is 10.1 Å². The van der Waals surface area contributed by atoms with Gasteiger partial charge in [0.2, 0.25) is 0 Å². The van der Waals surface area contributed by atoms with Gasteiger partial charge >= 0.3 is 12.2 Å². The molecule has 5 rings (SSSR count). The minimum absolute atomic E-state index is 0.110. The highest BCUT2D eigenvalue weighted by Gasteiger charge is 2.31. The number of amides is 2. The predicted octanol–water partition coefficient (Wildman–Crippen LogP) is 6.36. The van der Waals surface area contributed by atoms with Crippen LogP contribution in [0.4, 0.5) is 29.3 Å². The van der Waals surface area contributed by atoms with Gasteiger partial charge in [-0.25, -0.2) is 9.79 Å². The second-order valence-corrected chi connectivity index (χ2v) is 8.99. The number of nitrogens with zero attached hydrogens (tertiary/aromatic N) is 3. The SMILES string of the molecule is Cc1ccc2c(c1)Oc1ccc(C)cc1C(N1CCN(C(=O)Nc3cccc(C(F)(F)F)c3)CC1)=N2. The maximum Gasteiger partial charge on any atom is 0.416 e. The number of carbonyl (C=O) groups is 1. The van der Waals surface area contributed by atoms with Gasteiger partial charge in [-0.15, -0.1) is 0 Å². The first-order valence-corrected chi connectivity index (χ1v) is 11.6. The number of fused-ring (bicyclic) bond motifs is 2. The van der Waals surface area contributed by atoms with Gasteiger partial charge in [0, 0.05) is 31.9 Å². The van der Waals surface area contributed by atoms with Gasteiger partial charge in [0.05, 0.1) is 11.1 Å². The Labute approximate surface area is 207 Å². The number of aliphatic imine (C=N–C) groups is 1. The first-order valence-electron chi connectivity index (χ1n) is 11.6. The zero-order valence-corrected chi connectivity index (χ0v) is 19.9. The van der Waals surface area contributed by atoms with Crippen molar-refractivity contribution in [2.75, 3.05) is 31.5 Å². The van der Waals surface area contributed by atoms with E-state index < -0.39 is 17.8 Å². The van der Waals surface area contributed by atoms with Crippen LogP contribution in [0.2, 0.25) is 0 Å². The number of rotatable bonds is 1. The summed E-state index contributed by atoms with van der Waals surface area (Å²) in [6.07, 6.45) is -4.47. The minimum atomic E-state index is -4.47. The van der Waals surface area contributed by atoms with Crippen LogP contribution >= 0.6 is 0 Å². The van der Waals surface area contributed by atoms with Crippen molar-refractivity contribution in [2.24, 2.45) is 4.99 Å². The van der Waals surface area contributed by atoms with Crippen molar-refractivity contribution < 1.29 is 22.7 Å². The van der Waals surface area contributed by atoms with E-state index in [1.807, 2.05) is 50.2 Å². The lowest BCUT2D eigenvalue weighted by Gasteiger charge is -2.36. The lowest BCUT2D eigenvalue weighted by atomic mass is 10.1. The number of benzene rings is 3. The van der Waals surface area contributed by atoms with Gasteiger partial charge < -0.3 is 19.9 Å². The Balaban J connectivity index is 1.34. The fraction of sp³-hybridized carbons (Fsp3) is 0.259. The van der Waals surface area contributed by atoms with Crippen molar-refractivity contribution in [2.45, 2.75) is 20.0 Å². The monoisotopic (exact) mass is 494 g/mol. The van der Waals surface area contributed by atoms with Crippen LogP contribution in [-0.2, 0) is 6.18 Å². The van der Waals surface area contributed by atoms with E-state index in [-0.39, 0.29) is 5.69 Å². The van der Waals surface area contributed by atoms with Crippen LogP contribution in [0.5, 0.6) is 11.5 Å². The van der Waals surface area contributed by atoms with Crippen LogP contribution in [0, 0.1) is 13.8 Å². The molecule has 9 heteroatoms.